The molecule has 0 aliphatic heterocycles. The maximum atomic E-state index is 13.1. The molecule has 1 aromatic rings. The van der Waals surface area contributed by atoms with E-state index in [2.05, 4.69) is 5.32 Å². The molecule has 4 nitrogen and oxygen atoms in total. The lowest BCUT2D eigenvalue weighted by atomic mass is 10.2. The van der Waals surface area contributed by atoms with Crippen LogP contribution in [0.5, 0.6) is 0 Å². The summed E-state index contributed by atoms with van der Waals surface area (Å²) in [5.41, 5.74) is -0.927. The smallest absolute Gasteiger partial charge is 0.377 e. The highest BCUT2D eigenvalue weighted by molar-refractivity contribution is 6.31. The molecule has 0 aliphatic carbocycles. The molecule has 0 heterocycles. The van der Waals surface area contributed by atoms with Crippen LogP contribution in [0.2, 0.25) is 5.02 Å². The maximum Gasteiger partial charge on any atom is 0.391 e. The first-order chi connectivity index (χ1) is 8.60. The zero-order valence-corrected chi connectivity index (χ0v) is 10.3. The average Bonchev–Trinajstić information content (AvgIpc) is 2.19. The molecular formula is C10H9ClF4N2O2. The van der Waals surface area contributed by atoms with E-state index in [1.165, 1.54) is 6.92 Å². The Balaban J connectivity index is 3.00. The van der Waals surface area contributed by atoms with Crippen LogP contribution < -0.4 is 5.32 Å². The molecule has 19 heavy (non-hydrogen) atoms. The van der Waals surface area contributed by atoms with Crippen molar-refractivity contribution in [1.82, 2.24) is 0 Å². The fourth-order valence-corrected chi connectivity index (χ4v) is 1.63. The van der Waals surface area contributed by atoms with Crippen molar-refractivity contribution in [2.45, 2.75) is 25.6 Å². The molecule has 0 saturated heterocycles. The van der Waals surface area contributed by atoms with Crippen molar-refractivity contribution in [2.24, 2.45) is 0 Å². The fourth-order valence-electron chi connectivity index (χ4n) is 1.47. The van der Waals surface area contributed by atoms with Crippen LogP contribution in [0.15, 0.2) is 12.1 Å². The molecule has 0 aliphatic rings. The molecule has 0 radical (unpaired) electrons. The third-order valence-corrected chi connectivity index (χ3v) is 2.46. The van der Waals surface area contributed by atoms with Crippen LogP contribution >= 0.6 is 11.6 Å². The normalized spacial score (nSPS) is 13.2. The molecule has 0 aromatic heterocycles. The fraction of sp³-hybridized carbons (Fsp3) is 0.400. The number of nitrogens with zero attached hydrogens (tertiary/aromatic N) is 1. The lowest BCUT2D eigenvalue weighted by Gasteiger charge is -2.17. The molecule has 0 spiro atoms. The summed E-state index contributed by atoms with van der Waals surface area (Å²) in [7, 11) is 0. The molecule has 1 rings (SSSR count). The topological polar surface area (TPSA) is 55.2 Å². The van der Waals surface area contributed by atoms with Gasteiger partial charge in [0.05, 0.1) is 22.4 Å². The molecule has 9 heteroatoms. The van der Waals surface area contributed by atoms with Gasteiger partial charge >= 0.3 is 6.18 Å². The second-order valence-corrected chi connectivity index (χ2v) is 4.31. The molecule has 106 valence electrons. The number of rotatable bonds is 4. The number of hydrogen-bond donors (Lipinski definition) is 1. The molecule has 1 unspecified atom stereocenters. The van der Waals surface area contributed by atoms with Gasteiger partial charge in [-0.1, -0.05) is 11.6 Å². The van der Waals surface area contributed by atoms with Gasteiger partial charge in [0.1, 0.15) is 11.5 Å². The van der Waals surface area contributed by atoms with Crippen LogP contribution in [-0.2, 0) is 0 Å². The van der Waals surface area contributed by atoms with E-state index in [0.29, 0.717) is 6.07 Å². The molecular weight excluding hydrogens is 292 g/mol. The SMILES string of the molecule is CC(CC(F)(F)F)Nc1cc(Cl)c(F)cc1[N+](=O)[O-]. The van der Waals surface area contributed by atoms with E-state index in [9.17, 15) is 27.7 Å². The number of anilines is 1. The Labute approximate surface area is 110 Å². The molecule has 1 atom stereocenters. The van der Waals surface area contributed by atoms with E-state index in [0.717, 1.165) is 6.07 Å². The molecule has 0 bridgehead atoms. The first-order valence-electron chi connectivity index (χ1n) is 5.07. The minimum Gasteiger partial charge on any atom is -0.377 e. The van der Waals surface area contributed by atoms with Crippen LogP contribution in [-0.4, -0.2) is 17.1 Å². The van der Waals surface area contributed by atoms with Crippen molar-refractivity contribution in [3.8, 4) is 0 Å². The Morgan fingerprint density at radius 2 is 2.05 bits per heavy atom. The summed E-state index contributed by atoms with van der Waals surface area (Å²) in [4.78, 5) is 9.78. The quantitative estimate of drug-likeness (QED) is 0.516. The van der Waals surface area contributed by atoms with Crippen molar-refractivity contribution >= 4 is 23.0 Å². The van der Waals surface area contributed by atoms with Gasteiger partial charge in [-0.25, -0.2) is 4.39 Å². The Kier molecular flexibility index (Phi) is 4.56. The van der Waals surface area contributed by atoms with Crippen molar-refractivity contribution < 1.29 is 22.5 Å². The molecule has 0 saturated carbocycles. The predicted octanol–water partition coefficient (Wildman–Crippen LogP) is 4.14. The van der Waals surface area contributed by atoms with Gasteiger partial charge in [-0.15, -0.1) is 0 Å². The van der Waals surface area contributed by atoms with Gasteiger partial charge in [0.2, 0.25) is 0 Å². The first-order valence-corrected chi connectivity index (χ1v) is 5.44. The number of nitro benzene ring substituents is 1. The Morgan fingerprint density at radius 1 is 1.47 bits per heavy atom. The van der Waals surface area contributed by atoms with Crippen molar-refractivity contribution in [3.05, 3.63) is 33.1 Å². The first kappa shape index (κ1) is 15.5. The van der Waals surface area contributed by atoms with E-state index in [-0.39, 0.29) is 5.69 Å². The van der Waals surface area contributed by atoms with E-state index in [1.807, 2.05) is 0 Å². The van der Waals surface area contributed by atoms with Gasteiger partial charge in [0, 0.05) is 6.04 Å². The highest BCUT2D eigenvalue weighted by Crippen LogP contribution is 2.32. The highest BCUT2D eigenvalue weighted by atomic mass is 35.5. The van der Waals surface area contributed by atoms with Crippen LogP contribution in [0.3, 0.4) is 0 Å². The number of nitro groups is 1. The van der Waals surface area contributed by atoms with Crippen LogP contribution in [0, 0.1) is 15.9 Å². The summed E-state index contributed by atoms with van der Waals surface area (Å²) >= 11 is 5.45. The van der Waals surface area contributed by atoms with Crippen molar-refractivity contribution in [3.63, 3.8) is 0 Å². The standard InChI is InChI=1S/C10H9ClF4N2O2/c1-5(4-10(13,14)15)16-8-2-6(11)7(12)3-9(8)17(18)19/h2-3,5,16H,4H2,1H3. The third-order valence-electron chi connectivity index (χ3n) is 2.17. The third kappa shape index (κ3) is 4.55. The van der Waals surface area contributed by atoms with E-state index < -0.39 is 40.1 Å². The Morgan fingerprint density at radius 3 is 2.53 bits per heavy atom. The highest BCUT2D eigenvalue weighted by Gasteiger charge is 2.31. The van der Waals surface area contributed by atoms with E-state index in [1.54, 1.807) is 0 Å². The van der Waals surface area contributed by atoms with Gasteiger partial charge in [0.15, 0.2) is 0 Å². The zero-order valence-electron chi connectivity index (χ0n) is 9.59. The minimum atomic E-state index is -4.41. The number of hydrogen-bond acceptors (Lipinski definition) is 3. The minimum absolute atomic E-state index is 0.256. The Hall–Kier alpha value is -1.57. The van der Waals surface area contributed by atoms with Crippen LogP contribution in [0.25, 0.3) is 0 Å². The molecule has 1 aromatic carbocycles. The van der Waals surface area contributed by atoms with Gasteiger partial charge < -0.3 is 5.32 Å². The summed E-state index contributed by atoms with van der Waals surface area (Å²) in [6.45, 7) is 1.20. The summed E-state index contributed by atoms with van der Waals surface area (Å²) in [5.74, 6) is -1.01. The van der Waals surface area contributed by atoms with E-state index in [4.69, 9.17) is 11.6 Å². The lowest BCUT2D eigenvalue weighted by Crippen LogP contribution is -2.24. The summed E-state index contributed by atoms with van der Waals surface area (Å²) < 4.78 is 49.5. The number of halogens is 5. The summed E-state index contributed by atoms with van der Waals surface area (Å²) in [6, 6.07) is 0.340. The van der Waals surface area contributed by atoms with Gasteiger partial charge in [-0.2, -0.15) is 13.2 Å². The largest absolute Gasteiger partial charge is 0.391 e. The number of alkyl halides is 3. The number of benzene rings is 1. The summed E-state index contributed by atoms with van der Waals surface area (Å²) in [6.07, 6.45) is -5.59. The second kappa shape index (κ2) is 5.60. The van der Waals surface area contributed by atoms with Crippen molar-refractivity contribution in [2.75, 3.05) is 5.32 Å². The maximum absolute atomic E-state index is 13.1. The molecule has 0 amide bonds. The summed E-state index contributed by atoms with van der Waals surface area (Å²) in [5, 5.41) is 12.6. The van der Waals surface area contributed by atoms with Crippen LogP contribution in [0.4, 0.5) is 28.9 Å². The second-order valence-electron chi connectivity index (χ2n) is 3.91. The van der Waals surface area contributed by atoms with Crippen molar-refractivity contribution in [1.29, 1.82) is 0 Å². The zero-order chi connectivity index (χ0) is 14.8. The van der Waals surface area contributed by atoms with Gasteiger partial charge in [-0.3, -0.25) is 10.1 Å². The Bertz CT molecular complexity index is 493. The lowest BCUT2D eigenvalue weighted by molar-refractivity contribution is -0.384. The van der Waals surface area contributed by atoms with Gasteiger partial charge in [0.25, 0.3) is 5.69 Å². The molecule has 0 fully saturated rings. The van der Waals surface area contributed by atoms with Gasteiger partial charge in [-0.05, 0) is 13.0 Å². The predicted molar refractivity (Wildman–Crippen MR) is 61.8 cm³/mol. The molecule has 1 N–H and O–H groups in total. The number of nitrogens with one attached hydrogen (secondary N) is 1. The van der Waals surface area contributed by atoms with E-state index >= 15 is 0 Å². The van der Waals surface area contributed by atoms with Crippen LogP contribution in [0.1, 0.15) is 13.3 Å². The average molecular weight is 301 g/mol. The monoisotopic (exact) mass is 300 g/mol.